The third kappa shape index (κ3) is 4.63. The average Bonchev–Trinajstić information content (AvgIpc) is 3.08. The molecule has 0 aliphatic carbocycles. The zero-order valence-corrected chi connectivity index (χ0v) is 16.2. The molecule has 3 aromatic rings. The van der Waals surface area contributed by atoms with Gasteiger partial charge in [-0.2, -0.15) is 5.10 Å². The molecule has 1 aromatic heterocycles. The van der Waals surface area contributed by atoms with Gasteiger partial charge in [0.25, 0.3) is 5.91 Å². The number of ether oxygens (including phenoxy) is 1. The van der Waals surface area contributed by atoms with E-state index in [1.54, 1.807) is 11.8 Å². The van der Waals surface area contributed by atoms with Gasteiger partial charge in [-0.1, -0.05) is 29.8 Å². The Kier molecular flexibility index (Phi) is 5.72. The number of carbonyl (C=O) groups is 1. The molecule has 1 atom stereocenters. The van der Waals surface area contributed by atoms with Crippen molar-refractivity contribution in [3.63, 3.8) is 0 Å². The number of carbonyl (C=O) groups excluding carboxylic acids is 1. The number of benzene rings is 2. The summed E-state index contributed by atoms with van der Waals surface area (Å²) >= 11 is 0. The third-order valence-corrected chi connectivity index (χ3v) is 4.41. The lowest BCUT2D eigenvalue weighted by Gasteiger charge is -2.14. The fraction of sp³-hybridized carbons (Fsp3) is 0.273. The Morgan fingerprint density at radius 3 is 2.37 bits per heavy atom. The molecule has 1 amide bonds. The third-order valence-electron chi connectivity index (χ3n) is 4.41. The van der Waals surface area contributed by atoms with Crippen molar-refractivity contribution in [2.75, 3.05) is 13.7 Å². The Labute approximate surface area is 160 Å². The summed E-state index contributed by atoms with van der Waals surface area (Å²) in [5.41, 5.74) is 5.84. The number of aryl methyl sites for hydroxylation is 2. The number of nitrogens with zero attached hydrogens (tertiary/aromatic N) is 2. The van der Waals surface area contributed by atoms with Gasteiger partial charge in [-0.05, 0) is 48.7 Å². The molecule has 1 unspecified atom stereocenters. The fourth-order valence-electron chi connectivity index (χ4n) is 3.01. The molecule has 0 saturated heterocycles. The van der Waals surface area contributed by atoms with Gasteiger partial charge in [0.15, 0.2) is 0 Å². The van der Waals surface area contributed by atoms with Gasteiger partial charge in [-0.15, -0.1) is 0 Å². The smallest absolute Gasteiger partial charge is 0.251 e. The minimum absolute atomic E-state index is 0.0626. The van der Waals surface area contributed by atoms with Crippen LogP contribution in [0.1, 0.15) is 22.8 Å². The normalized spacial score (nSPS) is 12.0. The lowest BCUT2D eigenvalue weighted by Crippen LogP contribution is -2.35. The molecule has 2 aromatic carbocycles. The Hall–Kier alpha value is -2.92. The highest BCUT2D eigenvalue weighted by molar-refractivity contribution is 5.97. The predicted octanol–water partition coefficient (Wildman–Crippen LogP) is 3.83. The minimum Gasteiger partial charge on any atom is -0.383 e. The first kappa shape index (κ1) is 18.9. The standard InChI is InChI=1S/C22H25N3O2/c1-15-5-7-17(8-6-15)18-9-19(21-12-23-25(3)13-21)11-20(10-18)22(26)24-16(2)14-27-4/h5-13,16H,14H2,1-4H3,(H,24,26). The van der Waals surface area contributed by atoms with E-state index in [1.165, 1.54) is 5.56 Å². The molecule has 1 N–H and O–H groups in total. The zero-order chi connectivity index (χ0) is 19.4. The van der Waals surface area contributed by atoms with Gasteiger partial charge in [0.2, 0.25) is 0 Å². The number of hydrogen-bond donors (Lipinski definition) is 1. The maximum Gasteiger partial charge on any atom is 0.251 e. The van der Waals surface area contributed by atoms with Crippen LogP contribution >= 0.6 is 0 Å². The van der Waals surface area contributed by atoms with E-state index < -0.39 is 0 Å². The van der Waals surface area contributed by atoms with Crippen molar-refractivity contribution in [2.45, 2.75) is 19.9 Å². The van der Waals surface area contributed by atoms with Crippen LogP contribution < -0.4 is 5.32 Å². The second kappa shape index (κ2) is 8.18. The molecule has 0 radical (unpaired) electrons. The molecular weight excluding hydrogens is 338 g/mol. The minimum atomic E-state index is -0.112. The van der Waals surface area contributed by atoms with E-state index in [1.807, 2.05) is 38.5 Å². The van der Waals surface area contributed by atoms with Crippen molar-refractivity contribution in [3.05, 3.63) is 66.0 Å². The van der Waals surface area contributed by atoms with Crippen LogP contribution in [0, 0.1) is 6.92 Å². The van der Waals surface area contributed by atoms with Gasteiger partial charge in [-0.25, -0.2) is 0 Å². The van der Waals surface area contributed by atoms with Crippen LogP contribution in [0.25, 0.3) is 22.3 Å². The Bertz CT molecular complexity index is 929. The maximum atomic E-state index is 12.8. The van der Waals surface area contributed by atoms with E-state index in [2.05, 4.69) is 47.7 Å². The van der Waals surface area contributed by atoms with Gasteiger partial charge in [0, 0.05) is 37.5 Å². The number of rotatable bonds is 6. The highest BCUT2D eigenvalue weighted by Crippen LogP contribution is 2.28. The number of methoxy groups -OCH3 is 1. The molecule has 5 heteroatoms. The molecule has 0 bridgehead atoms. The summed E-state index contributed by atoms with van der Waals surface area (Å²) in [6.07, 6.45) is 3.76. The van der Waals surface area contributed by atoms with E-state index >= 15 is 0 Å². The molecule has 140 valence electrons. The molecule has 27 heavy (non-hydrogen) atoms. The first-order chi connectivity index (χ1) is 13.0. The molecule has 1 heterocycles. The molecule has 5 nitrogen and oxygen atoms in total. The molecule has 3 rings (SSSR count). The molecular formula is C22H25N3O2. The highest BCUT2D eigenvalue weighted by Gasteiger charge is 2.14. The van der Waals surface area contributed by atoms with Crippen LogP contribution in [0.5, 0.6) is 0 Å². The van der Waals surface area contributed by atoms with Gasteiger partial charge in [-0.3, -0.25) is 9.48 Å². The zero-order valence-electron chi connectivity index (χ0n) is 16.2. The summed E-state index contributed by atoms with van der Waals surface area (Å²) < 4.78 is 6.87. The van der Waals surface area contributed by atoms with Crippen LogP contribution in [-0.4, -0.2) is 35.4 Å². The lowest BCUT2D eigenvalue weighted by atomic mass is 9.96. The molecule has 0 fully saturated rings. The van der Waals surface area contributed by atoms with Crippen molar-refractivity contribution >= 4 is 5.91 Å². The van der Waals surface area contributed by atoms with Crippen LogP contribution in [0.15, 0.2) is 54.9 Å². The molecule has 0 saturated carbocycles. The molecule has 0 aliphatic heterocycles. The van der Waals surface area contributed by atoms with E-state index in [-0.39, 0.29) is 11.9 Å². The monoisotopic (exact) mass is 363 g/mol. The van der Waals surface area contributed by atoms with E-state index in [4.69, 9.17) is 4.74 Å². The maximum absolute atomic E-state index is 12.8. The second-order valence-electron chi connectivity index (χ2n) is 6.90. The van der Waals surface area contributed by atoms with Gasteiger partial charge >= 0.3 is 0 Å². The van der Waals surface area contributed by atoms with Crippen LogP contribution in [0.3, 0.4) is 0 Å². The van der Waals surface area contributed by atoms with Crippen LogP contribution in [-0.2, 0) is 11.8 Å². The van der Waals surface area contributed by atoms with Gasteiger partial charge < -0.3 is 10.1 Å². The van der Waals surface area contributed by atoms with E-state index in [0.717, 1.165) is 22.3 Å². The summed E-state index contributed by atoms with van der Waals surface area (Å²) in [6, 6.07) is 14.2. The van der Waals surface area contributed by atoms with Crippen molar-refractivity contribution in [1.29, 1.82) is 0 Å². The SMILES string of the molecule is COCC(C)NC(=O)c1cc(-c2ccc(C)cc2)cc(-c2cnn(C)c2)c1. The first-order valence-electron chi connectivity index (χ1n) is 8.97. The average molecular weight is 363 g/mol. The highest BCUT2D eigenvalue weighted by atomic mass is 16.5. The van der Waals surface area contributed by atoms with Crippen LogP contribution in [0.4, 0.5) is 0 Å². The summed E-state index contributed by atoms with van der Waals surface area (Å²) in [7, 11) is 3.51. The van der Waals surface area contributed by atoms with Gasteiger partial charge in [0.05, 0.1) is 12.8 Å². The number of hydrogen-bond acceptors (Lipinski definition) is 3. The summed E-state index contributed by atoms with van der Waals surface area (Å²) in [5.74, 6) is -0.112. The van der Waals surface area contributed by atoms with E-state index in [9.17, 15) is 4.79 Å². The van der Waals surface area contributed by atoms with Gasteiger partial charge in [0.1, 0.15) is 0 Å². The summed E-state index contributed by atoms with van der Waals surface area (Å²) in [6.45, 7) is 4.46. The number of amides is 1. The van der Waals surface area contributed by atoms with Crippen molar-refractivity contribution in [1.82, 2.24) is 15.1 Å². The summed E-state index contributed by atoms with van der Waals surface area (Å²) in [4.78, 5) is 12.8. The van der Waals surface area contributed by atoms with E-state index in [0.29, 0.717) is 12.2 Å². The Morgan fingerprint density at radius 1 is 1.11 bits per heavy atom. The summed E-state index contributed by atoms with van der Waals surface area (Å²) in [5, 5.41) is 7.24. The Morgan fingerprint density at radius 2 is 1.78 bits per heavy atom. The number of aromatic nitrogens is 2. The predicted molar refractivity (Wildman–Crippen MR) is 108 cm³/mol. The van der Waals surface area contributed by atoms with Crippen molar-refractivity contribution in [2.24, 2.45) is 7.05 Å². The van der Waals surface area contributed by atoms with Crippen LogP contribution in [0.2, 0.25) is 0 Å². The lowest BCUT2D eigenvalue weighted by molar-refractivity contribution is 0.0905. The Balaban J connectivity index is 2.02. The number of nitrogens with one attached hydrogen (secondary N) is 1. The largest absolute Gasteiger partial charge is 0.383 e. The van der Waals surface area contributed by atoms with Crippen molar-refractivity contribution < 1.29 is 9.53 Å². The molecule has 0 aliphatic rings. The topological polar surface area (TPSA) is 56.1 Å². The fourth-order valence-corrected chi connectivity index (χ4v) is 3.01. The quantitative estimate of drug-likeness (QED) is 0.724. The van der Waals surface area contributed by atoms with Crippen molar-refractivity contribution in [3.8, 4) is 22.3 Å². The first-order valence-corrected chi connectivity index (χ1v) is 8.97. The molecule has 0 spiro atoms. The second-order valence-corrected chi connectivity index (χ2v) is 6.90.